The number of aromatic amines is 1. The van der Waals surface area contributed by atoms with Crippen molar-refractivity contribution in [2.24, 2.45) is 0 Å². The van der Waals surface area contributed by atoms with Crippen molar-refractivity contribution < 1.29 is 70.1 Å². The summed E-state index contributed by atoms with van der Waals surface area (Å²) in [7, 11) is -5.01. The van der Waals surface area contributed by atoms with E-state index in [-0.39, 0.29) is 18.6 Å². The number of H-pyrrole nitrogens is 1. The fourth-order valence-corrected chi connectivity index (χ4v) is 5.05. The van der Waals surface area contributed by atoms with Gasteiger partial charge in [0.25, 0.3) is 11.4 Å². The maximum Gasteiger partial charge on any atom is 0.510 e. The first-order valence-corrected chi connectivity index (χ1v) is 15.2. The number of phosphoric acid groups is 1. The van der Waals surface area contributed by atoms with E-state index in [0.29, 0.717) is 0 Å². The molecule has 0 aromatic carbocycles. The zero-order valence-electron chi connectivity index (χ0n) is 25.5. The van der Waals surface area contributed by atoms with Crippen LogP contribution in [0.3, 0.4) is 0 Å². The van der Waals surface area contributed by atoms with Crippen molar-refractivity contribution >= 4 is 25.9 Å². The Balaban J connectivity index is 1.88. The molecular formula is C26H34FN2O16P. The summed E-state index contributed by atoms with van der Waals surface area (Å²) in [4.78, 5) is 61.3. The minimum Gasteiger partial charge on any atom is -0.432 e. The number of Topliss-reactive ketones (excluding diaryl/α,β-unsaturated/α-hetero) is 1. The van der Waals surface area contributed by atoms with Gasteiger partial charge in [0.1, 0.15) is 12.4 Å². The van der Waals surface area contributed by atoms with Crippen LogP contribution in [0.2, 0.25) is 0 Å². The maximum absolute atomic E-state index is 16.8. The Bertz CT molecular complexity index is 1440. The van der Waals surface area contributed by atoms with Gasteiger partial charge in [-0.3, -0.25) is 18.9 Å². The quantitative estimate of drug-likeness (QED) is 0.122. The predicted molar refractivity (Wildman–Crippen MR) is 147 cm³/mol. The molecule has 0 amide bonds. The van der Waals surface area contributed by atoms with Crippen LogP contribution in [0.1, 0.15) is 53.7 Å². The number of carbonyl (C=O) groups excluding carboxylic acids is 3. The van der Waals surface area contributed by atoms with Crippen molar-refractivity contribution in [2.45, 2.75) is 89.7 Å². The van der Waals surface area contributed by atoms with Gasteiger partial charge in [0, 0.05) is 25.1 Å². The Hall–Kier alpha value is -3.63. The summed E-state index contributed by atoms with van der Waals surface area (Å²) < 4.78 is 81.8. The number of ether oxygens (including phenoxy) is 7. The second-order valence-electron chi connectivity index (χ2n) is 10.4. The van der Waals surface area contributed by atoms with E-state index in [9.17, 15) is 28.5 Å². The van der Waals surface area contributed by atoms with Gasteiger partial charge in [0.2, 0.25) is 19.2 Å². The normalized spacial score (nSPS) is 25.6. The van der Waals surface area contributed by atoms with Gasteiger partial charge in [-0.2, -0.15) is 0 Å². The highest BCUT2D eigenvalue weighted by molar-refractivity contribution is 7.48. The number of hydrogen-bond donors (Lipinski definition) is 1. The van der Waals surface area contributed by atoms with E-state index in [2.05, 4.69) is 15.4 Å². The average molecular weight is 681 g/mol. The number of alkyl halides is 1. The third-order valence-electron chi connectivity index (χ3n) is 5.99. The third kappa shape index (κ3) is 9.22. The molecule has 256 valence electrons. The molecule has 1 aromatic rings. The average Bonchev–Trinajstić information content (AvgIpc) is 3.44. The number of rotatable bonds is 15. The summed E-state index contributed by atoms with van der Waals surface area (Å²) in [6.45, 7) is 3.86. The van der Waals surface area contributed by atoms with Gasteiger partial charge < -0.3 is 38.0 Å². The number of halogens is 1. The Labute approximate surface area is 261 Å². The van der Waals surface area contributed by atoms with Gasteiger partial charge in [-0.25, -0.2) is 32.4 Å². The minimum atomic E-state index is -5.01. The molecule has 0 bridgehead atoms. The van der Waals surface area contributed by atoms with E-state index in [1.807, 2.05) is 4.98 Å². The summed E-state index contributed by atoms with van der Waals surface area (Å²) in [5, 5.41) is 0. The Morgan fingerprint density at radius 3 is 2.15 bits per heavy atom. The Kier molecular flexibility index (Phi) is 12.3. The van der Waals surface area contributed by atoms with Crippen LogP contribution in [0.15, 0.2) is 21.9 Å². The maximum atomic E-state index is 16.8. The number of fused-ring (bicyclic) bond motifs is 1. The zero-order valence-corrected chi connectivity index (χ0v) is 26.4. The summed E-state index contributed by atoms with van der Waals surface area (Å²) in [6.07, 6.45) is -1.94. The van der Waals surface area contributed by atoms with Crippen molar-refractivity contribution in [3.63, 3.8) is 0 Å². The summed E-state index contributed by atoms with van der Waals surface area (Å²) in [5.74, 6) is -1.18. The molecule has 1 N–H and O–H groups in total. The van der Waals surface area contributed by atoms with E-state index >= 15 is 4.39 Å². The number of terminal acetylenes is 1. The summed E-state index contributed by atoms with van der Waals surface area (Å²) in [5.41, 5.74) is -4.03. The lowest BCUT2D eigenvalue weighted by atomic mass is 9.94. The zero-order chi connectivity index (χ0) is 34.3. The minimum absolute atomic E-state index is 0.0483. The van der Waals surface area contributed by atoms with Crippen LogP contribution in [0.25, 0.3) is 0 Å². The van der Waals surface area contributed by atoms with Crippen LogP contribution in [0.4, 0.5) is 14.0 Å². The fraction of sp³-hybridized carbons (Fsp3) is 0.654. The summed E-state index contributed by atoms with van der Waals surface area (Å²) in [6, 6.07) is 0.937. The molecule has 18 nitrogen and oxygen atoms in total. The number of nitrogens with one attached hydrogen (secondary N) is 1. The molecule has 3 heterocycles. The van der Waals surface area contributed by atoms with Gasteiger partial charge in [0.15, 0.2) is 18.6 Å². The Morgan fingerprint density at radius 2 is 1.65 bits per heavy atom. The second kappa shape index (κ2) is 15.3. The van der Waals surface area contributed by atoms with Gasteiger partial charge in [-0.15, -0.1) is 6.42 Å². The molecule has 2 saturated heterocycles. The van der Waals surface area contributed by atoms with Gasteiger partial charge >= 0.3 is 25.8 Å². The van der Waals surface area contributed by atoms with Gasteiger partial charge in [-0.1, -0.05) is 5.92 Å². The van der Waals surface area contributed by atoms with E-state index in [1.54, 1.807) is 0 Å². The van der Waals surface area contributed by atoms with Gasteiger partial charge in [0.05, 0.1) is 12.2 Å². The van der Waals surface area contributed by atoms with E-state index < -0.39 is 93.9 Å². The van der Waals surface area contributed by atoms with Crippen molar-refractivity contribution in [1.82, 2.24) is 9.55 Å². The SMILES string of the molecule is C#C[C@@]12OC(CCC(C)=O)O[C@@H]1[C@@](F)(COP(=O)(OCOC(=O)OC(C)C)OCOC(=O)OC(C)C)O[C@H]2n1ccc(=O)[nH]c1=O. The van der Waals surface area contributed by atoms with Crippen LogP contribution in [-0.2, 0) is 56.1 Å². The van der Waals surface area contributed by atoms with E-state index in [0.717, 1.165) is 16.8 Å². The van der Waals surface area contributed by atoms with Crippen LogP contribution in [-0.4, -0.2) is 83.9 Å². The van der Waals surface area contributed by atoms with Crippen molar-refractivity contribution in [2.75, 3.05) is 20.2 Å². The molecule has 2 aliphatic rings. The summed E-state index contributed by atoms with van der Waals surface area (Å²) >= 11 is 0. The molecule has 3 rings (SSSR count). The van der Waals surface area contributed by atoms with E-state index in [1.165, 1.54) is 34.6 Å². The van der Waals surface area contributed by atoms with Crippen molar-refractivity contribution in [3.8, 4) is 12.3 Å². The molecule has 1 unspecified atom stereocenters. The number of ketones is 1. The molecule has 1 aromatic heterocycles. The molecule has 0 saturated carbocycles. The first-order chi connectivity index (χ1) is 21.5. The van der Waals surface area contributed by atoms with E-state index in [4.69, 9.17) is 43.7 Å². The Morgan fingerprint density at radius 1 is 1.07 bits per heavy atom. The van der Waals surface area contributed by atoms with Crippen molar-refractivity contribution in [1.29, 1.82) is 0 Å². The smallest absolute Gasteiger partial charge is 0.432 e. The molecule has 0 radical (unpaired) electrons. The highest BCUT2D eigenvalue weighted by Crippen LogP contribution is 2.56. The fourth-order valence-electron chi connectivity index (χ4n) is 4.13. The molecule has 2 fully saturated rings. The molecule has 20 heteroatoms. The standard InChI is InChI=1S/C26H34FN2O16P/c1-7-25-20(43-19(44-25)9-8-17(6)30)26(27,45-21(25)29-11-10-18(31)28-22(29)32)12-38-46(35,39-13-36-23(33)41-15(2)3)40-14-37-24(34)42-16(4)5/h1,10-11,15-16,19-21H,8-9,12-14H2,2-6H3,(H,28,31,32)/t19?,20-,21+,25+,26+/m0/s1. The molecule has 5 atom stereocenters. The lowest BCUT2D eigenvalue weighted by molar-refractivity contribution is -0.245. The van der Waals surface area contributed by atoms with Gasteiger partial charge in [-0.05, 0) is 34.6 Å². The molecule has 2 aliphatic heterocycles. The highest BCUT2D eigenvalue weighted by Gasteiger charge is 2.72. The predicted octanol–water partition coefficient (Wildman–Crippen LogP) is 2.41. The third-order valence-corrected chi connectivity index (χ3v) is 7.28. The number of phosphoric ester groups is 1. The topological polar surface area (TPSA) is 215 Å². The lowest BCUT2D eigenvalue weighted by Crippen LogP contribution is -2.49. The lowest BCUT2D eigenvalue weighted by Gasteiger charge is -2.27. The second-order valence-corrected chi connectivity index (χ2v) is 12.0. The molecular weight excluding hydrogens is 646 g/mol. The largest absolute Gasteiger partial charge is 0.510 e. The molecule has 0 aliphatic carbocycles. The van der Waals surface area contributed by atoms with Crippen LogP contribution >= 0.6 is 7.82 Å². The number of carbonyl (C=O) groups is 3. The first kappa shape index (κ1) is 36.8. The van der Waals surface area contributed by atoms with Crippen LogP contribution < -0.4 is 11.2 Å². The number of aromatic nitrogens is 2. The first-order valence-electron chi connectivity index (χ1n) is 13.7. The molecule has 46 heavy (non-hydrogen) atoms. The highest BCUT2D eigenvalue weighted by atomic mass is 31.2. The number of hydrogen-bond acceptors (Lipinski definition) is 16. The van der Waals surface area contributed by atoms with Crippen molar-refractivity contribution in [3.05, 3.63) is 33.1 Å². The monoisotopic (exact) mass is 680 g/mol. The molecule has 0 spiro atoms. The van der Waals surface area contributed by atoms with Crippen LogP contribution in [0, 0.1) is 12.3 Å². The van der Waals surface area contributed by atoms with Crippen LogP contribution in [0.5, 0.6) is 0 Å². The number of nitrogens with zero attached hydrogens (tertiary/aromatic N) is 1.